The van der Waals surface area contributed by atoms with Crippen molar-refractivity contribution >= 4 is 29.0 Å². The monoisotopic (exact) mass is 426 g/mol. The average molecular weight is 426 g/mol. The number of ether oxygens (including phenoxy) is 1. The Morgan fingerprint density at radius 3 is 2.70 bits per heavy atom. The van der Waals surface area contributed by atoms with Crippen molar-refractivity contribution in [3.8, 4) is 5.75 Å². The van der Waals surface area contributed by atoms with E-state index in [4.69, 9.17) is 4.74 Å². The molecule has 1 aromatic heterocycles. The van der Waals surface area contributed by atoms with Crippen molar-refractivity contribution in [2.75, 3.05) is 12.4 Å². The van der Waals surface area contributed by atoms with Gasteiger partial charge >= 0.3 is 0 Å². The molecule has 9 heteroatoms. The van der Waals surface area contributed by atoms with Gasteiger partial charge in [0.1, 0.15) is 5.75 Å². The molecule has 3 aromatic rings. The number of non-ortho nitro benzene ring substituents is 1. The fraction of sp³-hybridized carbons (Fsp3) is 0.238. The van der Waals surface area contributed by atoms with E-state index in [1.54, 1.807) is 6.92 Å². The lowest BCUT2D eigenvalue weighted by molar-refractivity contribution is -0.384. The van der Waals surface area contributed by atoms with Crippen LogP contribution in [0.5, 0.6) is 5.75 Å². The summed E-state index contributed by atoms with van der Waals surface area (Å²) >= 11 is 1.29. The normalized spacial score (nSPS) is 11.7. The van der Waals surface area contributed by atoms with E-state index in [1.165, 1.54) is 37.1 Å². The summed E-state index contributed by atoms with van der Waals surface area (Å²) in [5.74, 6) is 0.0441. The smallest absolute Gasteiger partial charge is 0.271 e. The van der Waals surface area contributed by atoms with E-state index in [1.807, 2.05) is 37.3 Å². The van der Waals surface area contributed by atoms with E-state index in [9.17, 15) is 14.9 Å². The standard InChI is InChI=1S/C21H22N4O4S/c1-13-17(11-15-7-5-4-6-8-15)24-21(22-13)30-14(2)20(26)23-18-12-16(25(27)28)9-10-19(18)29-3/h4-10,12,14H,11H2,1-3H3,(H,22,24)(H,23,26). The molecule has 0 saturated carbocycles. The molecule has 1 amide bonds. The number of aryl methyl sites for hydroxylation is 1. The van der Waals surface area contributed by atoms with Crippen LogP contribution in [0.1, 0.15) is 23.9 Å². The molecule has 1 heterocycles. The third-order valence-corrected chi connectivity index (χ3v) is 5.47. The molecule has 0 saturated heterocycles. The van der Waals surface area contributed by atoms with Gasteiger partial charge in [-0.25, -0.2) is 4.98 Å². The number of amides is 1. The molecule has 2 aromatic carbocycles. The lowest BCUT2D eigenvalue weighted by atomic mass is 10.1. The first-order valence-corrected chi connectivity index (χ1v) is 10.1. The van der Waals surface area contributed by atoms with Gasteiger partial charge in [-0.3, -0.25) is 14.9 Å². The highest BCUT2D eigenvalue weighted by Crippen LogP contribution is 2.30. The number of methoxy groups -OCH3 is 1. The maximum absolute atomic E-state index is 12.6. The number of nitrogens with zero attached hydrogens (tertiary/aromatic N) is 2. The van der Waals surface area contributed by atoms with Gasteiger partial charge in [0.25, 0.3) is 5.69 Å². The summed E-state index contributed by atoms with van der Waals surface area (Å²) in [6.45, 7) is 3.70. The number of benzene rings is 2. The largest absolute Gasteiger partial charge is 0.495 e. The lowest BCUT2D eigenvalue weighted by Gasteiger charge is -2.13. The number of thioether (sulfide) groups is 1. The van der Waals surface area contributed by atoms with E-state index < -0.39 is 10.2 Å². The SMILES string of the molecule is COc1ccc([N+](=O)[O-])cc1NC(=O)C(C)Sc1nc(Cc2ccccc2)c(C)[nH]1. The Labute approximate surface area is 178 Å². The van der Waals surface area contributed by atoms with Gasteiger partial charge in [-0.05, 0) is 25.5 Å². The minimum atomic E-state index is -0.521. The van der Waals surface area contributed by atoms with Crippen LogP contribution in [0.15, 0.2) is 53.7 Å². The number of anilines is 1. The van der Waals surface area contributed by atoms with Crippen LogP contribution in [0.3, 0.4) is 0 Å². The predicted molar refractivity (Wildman–Crippen MR) is 116 cm³/mol. The van der Waals surface area contributed by atoms with Gasteiger partial charge in [0.15, 0.2) is 5.16 Å². The molecule has 3 rings (SSSR count). The maximum atomic E-state index is 12.6. The number of aromatic amines is 1. The Balaban J connectivity index is 1.68. The van der Waals surface area contributed by atoms with Crippen LogP contribution in [0.4, 0.5) is 11.4 Å². The van der Waals surface area contributed by atoms with Crippen molar-refractivity contribution in [1.29, 1.82) is 0 Å². The lowest BCUT2D eigenvalue weighted by Crippen LogP contribution is -2.23. The molecule has 0 aliphatic heterocycles. The van der Waals surface area contributed by atoms with Crippen molar-refractivity contribution in [2.45, 2.75) is 30.7 Å². The number of rotatable bonds is 8. The second-order valence-electron chi connectivity index (χ2n) is 6.67. The number of carbonyl (C=O) groups excluding carboxylic acids is 1. The van der Waals surface area contributed by atoms with Crippen LogP contribution in [0, 0.1) is 17.0 Å². The van der Waals surface area contributed by atoms with Gasteiger partial charge in [-0.1, -0.05) is 42.1 Å². The van der Waals surface area contributed by atoms with Crippen molar-refractivity contribution in [3.05, 3.63) is 75.6 Å². The van der Waals surface area contributed by atoms with Gasteiger partial charge in [0, 0.05) is 24.2 Å². The second-order valence-corrected chi connectivity index (χ2v) is 8.00. The van der Waals surface area contributed by atoms with E-state index in [0.717, 1.165) is 17.0 Å². The molecule has 8 nitrogen and oxygen atoms in total. The van der Waals surface area contributed by atoms with Crippen LogP contribution < -0.4 is 10.1 Å². The van der Waals surface area contributed by atoms with Crippen LogP contribution in [0.2, 0.25) is 0 Å². The molecule has 0 radical (unpaired) electrons. The van der Waals surface area contributed by atoms with Crippen molar-refractivity contribution in [2.24, 2.45) is 0 Å². The Bertz CT molecular complexity index is 1050. The van der Waals surface area contributed by atoms with Crippen LogP contribution in [0.25, 0.3) is 0 Å². The van der Waals surface area contributed by atoms with Crippen LogP contribution in [-0.2, 0) is 11.2 Å². The molecule has 0 aliphatic rings. The third kappa shape index (κ3) is 5.18. The Morgan fingerprint density at radius 1 is 1.30 bits per heavy atom. The molecule has 0 aliphatic carbocycles. The molecular weight excluding hydrogens is 404 g/mol. The minimum Gasteiger partial charge on any atom is -0.495 e. The summed E-state index contributed by atoms with van der Waals surface area (Å²) in [5.41, 5.74) is 3.17. The average Bonchev–Trinajstić information content (AvgIpc) is 3.07. The van der Waals surface area contributed by atoms with E-state index in [2.05, 4.69) is 15.3 Å². The van der Waals surface area contributed by atoms with Crippen molar-refractivity contribution < 1.29 is 14.5 Å². The predicted octanol–water partition coefficient (Wildman–Crippen LogP) is 4.35. The Morgan fingerprint density at radius 2 is 2.03 bits per heavy atom. The number of aromatic nitrogens is 2. The highest BCUT2D eigenvalue weighted by atomic mass is 32.2. The topological polar surface area (TPSA) is 110 Å². The molecular formula is C21H22N4O4S. The van der Waals surface area contributed by atoms with Gasteiger partial charge in [-0.15, -0.1) is 0 Å². The molecule has 0 bridgehead atoms. The third-order valence-electron chi connectivity index (χ3n) is 4.49. The van der Waals surface area contributed by atoms with Crippen LogP contribution >= 0.6 is 11.8 Å². The molecule has 1 atom stereocenters. The summed E-state index contributed by atoms with van der Waals surface area (Å²) in [4.78, 5) is 31.0. The first-order chi connectivity index (χ1) is 14.4. The highest BCUT2D eigenvalue weighted by Gasteiger charge is 2.20. The first kappa shape index (κ1) is 21.4. The number of imidazole rings is 1. The molecule has 30 heavy (non-hydrogen) atoms. The van der Waals surface area contributed by atoms with Gasteiger partial charge < -0.3 is 15.0 Å². The summed E-state index contributed by atoms with van der Waals surface area (Å²) in [5, 5.41) is 13.9. The second kappa shape index (κ2) is 9.45. The number of H-pyrrole nitrogens is 1. The summed E-state index contributed by atoms with van der Waals surface area (Å²) in [6, 6.07) is 14.1. The number of nitrogens with one attached hydrogen (secondary N) is 2. The van der Waals surface area contributed by atoms with Gasteiger partial charge in [0.05, 0.1) is 28.7 Å². The Kier molecular flexibility index (Phi) is 6.73. The molecule has 0 fully saturated rings. The van der Waals surface area contributed by atoms with E-state index >= 15 is 0 Å². The van der Waals surface area contributed by atoms with E-state index in [0.29, 0.717) is 17.3 Å². The quantitative estimate of drug-likeness (QED) is 0.315. The summed E-state index contributed by atoms with van der Waals surface area (Å²) in [6.07, 6.45) is 0.704. The fourth-order valence-corrected chi connectivity index (χ4v) is 3.72. The number of carbonyl (C=O) groups is 1. The molecule has 1 unspecified atom stereocenters. The zero-order chi connectivity index (χ0) is 21.7. The minimum absolute atomic E-state index is 0.126. The van der Waals surface area contributed by atoms with E-state index in [-0.39, 0.29) is 17.3 Å². The molecule has 2 N–H and O–H groups in total. The first-order valence-electron chi connectivity index (χ1n) is 9.26. The van der Waals surface area contributed by atoms with Gasteiger partial charge in [-0.2, -0.15) is 0 Å². The molecule has 0 spiro atoms. The van der Waals surface area contributed by atoms with Crippen LogP contribution in [-0.4, -0.2) is 33.2 Å². The highest BCUT2D eigenvalue weighted by molar-refractivity contribution is 8.00. The number of hydrogen-bond acceptors (Lipinski definition) is 6. The fourth-order valence-electron chi connectivity index (χ4n) is 2.85. The van der Waals surface area contributed by atoms with Crippen molar-refractivity contribution in [3.63, 3.8) is 0 Å². The maximum Gasteiger partial charge on any atom is 0.271 e. The zero-order valence-corrected chi connectivity index (χ0v) is 17.7. The number of nitro benzene ring substituents is 1. The summed E-state index contributed by atoms with van der Waals surface area (Å²) < 4.78 is 5.19. The Hall–Kier alpha value is -3.33. The number of hydrogen-bond donors (Lipinski definition) is 2. The van der Waals surface area contributed by atoms with Crippen molar-refractivity contribution in [1.82, 2.24) is 9.97 Å². The summed E-state index contributed by atoms with van der Waals surface area (Å²) in [7, 11) is 1.44. The van der Waals surface area contributed by atoms with Gasteiger partial charge in [0.2, 0.25) is 5.91 Å². The zero-order valence-electron chi connectivity index (χ0n) is 16.8. The number of nitro groups is 1. The molecule has 156 valence electrons.